The summed E-state index contributed by atoms with van der Waals surface area (Å²) in [6, 6.07) is 0.611. The highest BCUT2D eigenvalue weighted by Gasteiger charge is 2.29. The second-order valence-corrected chi connectivity index (χ2v) is 6.49. The molecule has 5 nitrogen and oxygen atoms in total. The normalized spacial score (nSPS) is 26.9. The van der Waals surface area contributed by atoms with E-state index in [2.05, 4.69) is 29.2 Å². The zero-order valence-corrected chi connectivity index (χ0v) is 12.7. The number of rotatable bonds is 3. The average molecular weight is 297 g/mol. The Morgan fingerprint density at radius 3 is 2.90 bits per heavy atom. The van der Waals surface area contributed by atoms with Crippen molar-refractivity contribution in [3.05, 3.63) is 21.6 Å². The first kappa shape index (κ1) is 13.9. The van der Waals surface area contributed by atoms with Crippen LogP contribution in [0, 0.1) is 5.92 Å². The average Bonchev–Trinajstić information content (AvgIpc) is 3.21. The molecule has 3 rings (SSSR count). The Hall–Kier alpha value is -1.07. The highest BCUT2D eigenvalue weighted by Crippen LogP contribution is 2.30. The summed E-state index contributed by atoms with van der Waals surface area (Å²) in [6.45, 7) is 6.61. The lowest BCUT2D eigenvalue weighted by Gasteiger charge is -2.39. The van der Waals surface area contributed by atoms with E-state index in [-0.39, 0.29) is 11.6 Å². The van der Waals surface area contributed by atoms with Crippen LogP contribution in [0.3, 0.4) is 0 Å². The van der Waals surface area contributed by atoms with Gasteiger partial charge in [0.1, 0.15) is 5.69 Å². The molecule has 20 heavy (non-hydrogen) atoms. The molecule has 2 unspecified atom stereocenters. The Morgan fingerprint density at radius 2 is 2.20 bits per heavy atom. The largest absolute Gasteiger partial charge is 0.360 e. The van der Waals surface area contributed by atoms with Crippen molar-refractivity contribution in [1.82, 2.24) is 15.1 Å². The van der Waals surface area contributed by atoms with Crippen LogP contribution in [0.15, 0.2) is 11.0 Å². The lowest BCUT2D eigenvalue weighted by Crippen LogP contribution is -2.56. The van der Waals surface area contributed by atoms with E-state index < -0.39 is 0 Å². The third-order valence-electron chi connectivity index (χ3n) is 4.15. The van der Waals surface area contributed by atoms with Crippen molar-refractivity contribution in [2.45, 2.75) is 45.3 Å². The van der Waals surface area contributed by atoms with Crippen LogP contribution >= 0.6 is 11.6 Å². The smallest absolute Gasteiger partial charge is 0.291 e. The zero-order chi connectivity index (χ0) is 14.3. The second-order valence-electron chi connectivity index (χ2n) is 6.08. The molecular weight excluding hydrogens is 276 g/mol. The summed E-state index contributed by atoms with van der Waals surface area (Å²) in [7, 11) is 0. The van der Waals surface area contributed by atoms with E-state index >= 15 is 0 Å². The molecule has 1 aromatic heterocycles. The molecular formula is C14H21ClN4O. The van der Waals surface area contributed by atoms with Gasteiger partial charge in [-0.1, -0.05) is 11.6 Å². The van der Waals surface area contributed by atoms with Gasteiger partial charge >= 0.3 is 0 Å². The Morgan fingerprint density at radius 1 is 1.45 bits per heavy atom. The van der Waals surface area contributed by atoms with E-state index in [0.717, 1.165) is 19.6 Å². The van der Waals surface area contributed by atoms with Gasteiger partial charge in [0.2, 0.25) is 0 Å². The Labute approximate surface area is 123 Å². The van der Waals surface area contributed by atoms with Crippen molar-refractivity contribution >= 4 is 17.3 Å². The van der Waals surface area contributed by atoms with E-state index in [1.54, 1.807) is 10.9 Å². The first-order valence-corrected chi connectivity index (χ1v) is 7.69. The number of aromatic nitrogens is 2. The number of anilines is 1. The number of hydrogen-bond acceptors (Lipinski definition) is 4. The maximum absolute atomic E-state index is 12.7. The van der Waals surface area contributed by atoms with Crippen molar-refractivity contribution in [3.63, 3.8) is 0 Å². The standard InChI is InChI=1S/C14H21ClN4O/c1-9-7-18(10(2)5-16-9)13-12(15)6-17-19(14(13)20)8-11-3-4-11/h6,9-11,16H,3-5,7-8H2,1-2H3. The molecule has 0 bridgehead atoms. The fourth-order valence-electron chi connectivity index (χ4n) is 2.73. The minimum atomic E-state index is -0.0506. The van der Waals surface area contributed by atoms with Gasteiger partial charge in [0.25, 0.3) is 5.56 Å². The lowest BCUT2D eigenvalue weighted by molar-refractivity contribution is 0.421. The molecule has 1 saturated heterocycles. The minimum absolute atomic E-state index is 0.0506. The van der Waals surface area contributed by atoms with E-state index in [1.165, 1.54) is 12.8 Å². The quantitative estimate of drug-likeness (QED) is 0.918. The van der Waals surface area contributed by atoms with E-state index in [4.69, 9.17) is 11.6 Å². The molecule has 1 saturated carbocycles. The summed E-state index contributed by atoms with van der Waals surface area (Å²) in [4.78, 5) is 14.8. The third-order valence-corrected chi connectivity index (χ3v) is 4.43. The van der Waals surface area contributed by atoms with Gasteiger partial charge in [-0.2, -0.15) is 5.10 Å². The van der Waals surface area contributed by atoms with E-state index in [9.17, 15) is 4.79 Å². The zero-order valence-electron chi connectivity index (χ0n) is 12.0. The molecule has 1 aromatic rings. The lowest BCUT2D eigenvalue weighted by atomic mass is 10.1. The molecule has 0 amide bonds. The van der Waals surface area contributed by atoms with Crippen LogP contribution < -0.4 is 15.8 Å². The molecule has 2 fully saturated rings. The van der Waals surface area contributed by atoms with E-state index in [0.29, 0.717) is 22.7 Å². The molecule has 0 radical (unpaired) electrons. The van der Waals surface area contributed by atoms with Crippen LogP contribution in [-0.4, -0.2) is 35.0 Å². The van der Waals surface area contributed by atoms with Gasteiger partial charge in [0, 0.05) is 31.7 Å². The first-order chi connectivity index (χ1) is 9.56. The molecule has 2 atom stereocenters. The maximum atomic E-state index is 12.7. The van der Waals surface area contributed by atoms with Crippen LogP contribution in [0.5, 0.6) is 0 Å². The molecule has 110 valence electrons. The summed E-state index contributed by atoms with van der Waals surface area (Å²) in [6.07, 6.45) is 4.01. The van der Waals surface area contributed by atoms with Crippen LogP contribution in [0.4, 0.5) is 5.69 Å². The molecule has 1 aliphatic carbocycles. The number of nitrogens with zero attached hydrogens (tertiary/aromatic N) is 3. The second kappa shape index (κ2) is 5.37. The summed E-state index contributed by atoms with van der Waals surface area (Å²) in [5.41, 5.74) is 0.563. The fourth-order valence-corrected chi connectivity index (χ4v) is 2.96. The van der Waals surface area contributed by atoms with Crippen molar-refractivity contribution in [2.24, 2.45) is 5.92 Å². The molecule has 2 heterocycles. The molecule has 2 aliphatic rings. The van der Waals surface area contributed by atoms with Crippen molar-refractivity contribution in [1.29, 1.82) is 0 Å². The van der Waals surface area contributed by atoms with Crippen LogP contribution in [-0.2, 0) is 6.54 Å². The molecule has 1 aliphatic heterocycles. The number of nitrogens with one attached hydrogen (secondary N) is 1. The highest BCUT2D eigenvalue weighted by atomic mass is 35.5. The third kappa shape index (κ3) is 2.69. The van der Waals surface area contributed by atoms with Crippen molar-refractivity contribution in [3.8, 4) is 0 Å². The van der Waals surface area contributed by atoms with Gasteiger partial charge in [-0.3, -0.25) is 4.79 Å². The molecule has 6 heteroatoms. The summed E-state index contributed by atoms with van der Waals surface area (Å²) < 4.78 is 1.58. The van der Waals surface area contributed by atoms with Crippen molar-refractivity contribution < 1.29 is 0 Å². The van der Waals surface area contributed by atoms with Crippen LogP contribution in [0.2, 0.25) is 5.02 Å². The molecule has 1 N–H and O–H groups in total. The number of hydrogen-bond donors (Lipinski definition) is 1. The monoisotopic (exact) mass is 296 g/mol. The van der Waals surface area contributed by atoms with E-state index in [1.807, 2.05) is 0 Å². The molecule has 0 aromatic carbocycles. The topological polar surface area (TPSA) is 50.2 Å². The Bertz CT molecular complexity index is 555. The fraction of sp³-hybridized carbons (Fsp3) is 0.714. The predicted octanol–water partition coefficient (Wildman–Crippen LogP) is 1.49. The summed E-state index contributed by atoms with van der Waals surface area (Å²) in [5.74, 6) is 0.619. The van der Waals surface area contributed by atoms with Gasteiger partial charge in [-0.05, 0) is 32.6 Å². The highest BCUT2D eigenvalue weighted by molar-refractivity contribution is 6.33. The van der Waals surface area contributed by atoms with Gasteiger partial charge in [0.05, 0.1) is 11.2 Å². The van der Waals surface area contributed by atoms with Crippen LogP contribution in [0.1, 0.15) is 26.7 Å². The van der Waals surface area contributed by atoms with Gasteiger partial charge < -0.3 is 10.2 Å². The number of piperazine rings is 1. The van der Waals surface area contributed by atoms with Gasteiger partial charge in [0.15, 0.2) is 0 Å². The van der Waals surface area contributed by atoms with Crippen molar-refractivity contribution in [2.75, 3.05) is 18.0 Å². The number of halogens is 1. The summed E-state index contributed by atoms with van der Waals surface area (Å²) in [5, 5.41) is 8.07. The SMILES string of the molecule is CC1CN(c2c(Cl)cnn(CC3CC3)c2=O)C(C)CN1. The Balaban J connectivity index is 1.96. The van der Waals surface area contributed by atoms with Crippen LogP contribution in [0.25, 0.3) is 0 Å². The Kier molecular flexibility index (Phi) is 3.73. The van der Waals surface area contributed by atoms with Gasteiger partial charge in [-0.25, -0.2) is 4.68 Å². The molecule has 0 spiro atoms. The minimum Gasteiger partial charge on any atom is -0.360 e. The maximum Gasteiger partial charge on any atom is 0.291 e. The van der Waals surface area contributed by atoms with Gasteiger partial charge in [-0.15, -0.1) is 0 Å². The first-order valence-electron chi connectivity index (χ1n) is 7.32. The predicted molar refractivity (Wildman–Crippen MR) is 80.5 cm³/mol. The summed E-state index contributed by atoms with van der Waals surface area (Å²) >= 11 is 6.26.